The summed E-state index contributed by atoms with van der Waals surface area (Å²) in [4.78, 5) is 0. The maximum absolute atomic E-state index is 13.3. The molecule has 1 atom stereocenters. The van der Waals surface area contributed by atoms with Crippen molar-refractivity contribution in [2.75, 3.05) is 0 Å². The van der Waals surface area contributed by atoms with Crippen molar-refractivity contribution >= 4 is 0 Å². The summed E-state index contributed by atoms with van der Waals surface area (Å²) in [5.74, 6) is 0.954. The monoisotopic (exact) mass is 250 g/mol. The van der Waals surface area contributed by atoms with Crippen LogP contribution < -0.4 is 4.74 Å². The van der Waals surface area contributed by atoms with Gasteiger partial charge in [-0.15, -0.1) is 0 Å². The average Bonchev–Trinajstić information content (AvgIpc) is 2.33. The lowest BCUT2D eigenvalue weighted by Crippen LogP contribution is -2.44. The molecule has 2 aliphatic rings. The molecule has 1 aromatic rings. The SMILES string of the molecule is CC1CCC2(CC1)C[C@@H](O)c1ccc(F)cc1O2. The van der Waals surface area contributed by atoms with E-state index in [1.807, 2.05) is 0 Å². The number of aliphatic hydroxyl groups excluding tert-OH is 1. The van der Waals surface area contributed by atoms with Crippen molar-refractivity contribution in [2.24, 2.45) is 5.92 Å². The van der Waals surface area contributed by atoms with E-state index >= 15 is 0 Å². The molecular formula is C15H19FO2. The zero-order valence-electron chi connectivity index (χ0n) is 10.7. The van der Waals surface area contributed by atoms with E-state index in [-0.39, 0.29) is 11.4 Å². The normalized spacial score (nSPS) is 35.1. The molecule has 1 aliphatic carbocycles. The molecule has 0 saturated heterocycles. The molecule has 0 bridgehead atoms. The fourth-order valence-electron chi connectivity index (χ4n) is 3.20. The number of ether oxygens (including phenoxy) is 1. The molecule has 0 aromatic heterocycles. The number of benzene rings is 1. The van der Waals surface area contributed by atoms with Crippen LogP contribution in [0.3, 0.4) is 0 Å². The Labute approximate surface area is 107 Å². The van der Waals surface area contributed by atoms with Crippen LogP contribution in [0.15, 0.2) is 18.2 Å². The molecular weight excluding hydrogens is 231 g/mol. The Morgan fingerprint density at radius 1 is 1.33 bits per heavy atom. The molecule has 1 N–H and O–H groups in total. The van der Waals surface area contributed by atoms with Gasteiger partial charge in [-0.25, -0.2) is 4.39 Å². The lowest BCUT2D eigenvalue weighted by atomic mass is 9.74. The maximum atomic E-state index is 13.3. The van der Waals surface area contributed by atoms with Gasteiger partial charge in [0, 0.05) is 18.1 Å². The highest BCUT2D eigenvalue weighted by atomic mass is 19.1. The van der Waals surface area contributed by atoms with Crippen molar-refractivity contribution in [3.8, 4) is 5.75 Å². The first-order valence-electron chi connectivity index (χ1n) is 6.74. The fraction of sp³-hybridized carbons (Fsp3) is 0.600. The fourth-order valence-corrected chi connectivity index (χ4v) is 3.20. The molecule has 1 aromatic carbocycles. The van der Waals surface area contributed by atoms with Gasteiger partial charge in [0.2, 0.25) is 0 Å². The summed E-state index contributed by atoms with van der Waals surface area (Å²) in [6.07, 6.45) is 4.28. The third-order valence-electron chi connectivity index (χ3n) is 4.41. The largest absolute Gasteiger partial charge is 0.487 e. The van der Waals surface area contributed by atoms with Crippen LogP contribution in [0.25, 0.3) is 0 Å². The van der Waals surface area contributed by atoms with Crippen LogP contribution in [0.5, 0.6) is 5.75 Å². The quantitative estimate of drug-likeness (QED) is 0.762. The van der Waals surface area contributed by atoms with Crippen LogP contribution in [0.2, 0.25) is 0 Å². The Morgan fingerprint density at radius 3 is 2.78 bits per heavy atom. The van der Waals surface area contributed by atoms with Crippen molar-refractivity contribution < 1.29 is 14.2 Å². The molecule has 1 fully saturated rings. The zero-order valence-corrected chi connectivity index (χ0v) is 10.7. The topological polar surface area (TPSA) is 29.5 Å². The Morgan fingerprint density at radius 2 is 2.06 bits per heavy atom. The van der Waals surface area contributed by atoms with Crippen LogP contribution >= 0.6 is 0 Å². The number of halogens is 1. The molecule has 2 nitrogen and oxygen atoms in total. The van der Waals surface area contributed by atoms with Crippen LogP contribution in [0.4, 0.5) is 4.39 Å². The van der Waals surface area contributed by atoms with Gasteiger partial charge in [-0.2, -0.15) is 0 Å². The molecule has 0 radical (unpaired) electrons. The number of rotatable bonds is 0. The van der Waals surface area contributed by atoms with E-state index < -0.39 is 6.10 Å². The number of hydrogen-bond acceptors (Lipinski definition) is 2. The molecule has 98 valence electrons. The molecule has 0 amide bonds. The minimum atomic E-state index is -0.525. The minimum Gasteiger partial charge on any atom is -0.487 e. The van der Waals surface area contributed by atoms with Gasteiger partial charge in [0.05, 0.1) is 6.10 Å². The van der Waals surface area contributed by atoms with Crippen molar-refractivity contribution in [2.45, 2.75) is 50.7 Å². The van der Waals surface area contributed by atoms with Gasteiger partial charge in [0.1, 0.15) is 17.2 Å². The molecule has 3 rings (SSSR count). The summed E-state index contributed by atoms with van der Waals surface area (Å²) in [7, 11) is 0. The van der Waals surface area contributed by atoms with Crippen molar-refractivity contribution in [3.05, 3.63) is 29.6 Å². The zero-order chi connectivity index (χ0) is 12.8. The highest BCUT2D eigenvalue weighted by Gasteiger charge is 2.42. The van der Waals surface area contributed by atoms with E-state index in [4.69, 9.17) is 4.74 Å². The predicted octanol–water partition coefficient (Wildman–Crippen LogP) is 3.59. The van der Waals surface area contributed by atoms with Gasteiger partial charge in [-0.05, 0) is 43.7 Å². The molecule has 1 heterocycles. The third kappa shape index (κ3) is 2.01. The summed E-state index contributed by atoms with van der Waals surface area (Å²) >= 11 is 0. The summed E-state index contributed by atoms with van der Waals surface area (Å²) in [5.41, 5.74) is 0.452. The van der Waals surface area contributed by atoms with E-state index in [0.29, 0.717) is 12.2 Å². The van der Waals surface area contributed by atoms with Crippen molar-refractivity contribution in [1.29, 1.82) is 0 Å². The Bertz CT molecular complexity index is 450. The van der Waals surface area contributed by atoms with Crippen LogP contribution in [0.1, 0.15) is 50.7 Å². The van der Waals surface area contributed by atoms with Crippen molar-refractivity contribution in [3.63, 3.8) is 0 Å². The number of fused-ring (bicyclic) bond motifs is 1. The summed E-state index contributed by atoms with van der Waals surface area (Å²) in [5, 5.41) is 10.2. The molecule has 1 saturated carbocycles. The van der Waals surface area contributed by atoms with E-state index in [9.17, 15) is 9.50 Å². The summed E-state index contributed by atoms with van der Waals surface area (Å²) < 4.78 is 19.3. The third-order valence-corrected chi connectivity index (χ3v) is 4.41. The van der Waals surface area contributed by atoms with Gasteiger partial charge in [-0.3, -0.25) is 0 Å². The van der Waals surface area contributed by atoms with E-state index in [1.54, 1.807) is 6.07 Å². The first kappa shape index (κ1) is 12.0. The van der Waals surface area contributed by atoms with Crippen molar-refractivity contribution in [1.82, 2.24) is 0 Å². The Hall–Kier alpha value is -1.09. The van der Waals surface area contributed by atoms with Gasteiger partial charge < -0.3 is 9.84 Å². The van der Waals surface area contributed by atoms with E-state index in [1.165, 1.54) is 12.1 Å². The average molecular weight is 250 g/mol. The first-order chi connectivity index (χ1) is 8.58. The van der Waals surface area contributed by atoms with Crippen LogP contribution in [0, 0.1) is 11.7 Å². The second-order valence-electron chi connectivity index (χ2n) is 5.87. The lowest BCUT2D eigenvalue weighted by Gasteiger charge is -2.44. The second kappa shape index (κ2) is 4.23. The molecule has 1 spiro atoms. The van der Waals surface area contributed by atoms with E-state index in [2.05, 4.69) is 6.92 Å². The van der Waals surface area contributed by atoms with Crippen LogP contribution in [-0.4, -0.2) is 10.7 Å². The summed E-state index contributed by atoms with van der Waals surface area (Å²) in [6.45, 7) is 2.25. The first-order valence-corrected chi connectivity index (χ1v) is 6.74. The minimum absolute atomic E-state index is 0.271. The number of aliphatic hydroxyl groups is 1. The highest BCUT2D eigenvalue weighted by Crippen LogP contribution is 2.47. The summed E-state index contributed by atoms with van der Waals surface area (Å²) in [6, 6.07) is 4.41. The van der Waals surface area contributed by atoms with Gasteiger partial charge in [-0.1, -0.05) is 6.92 Å². The molecule has 1 aliphatic heterocycles. The molecule has 18 heavy (non-hydrogen) atoms. The van der Waals surface area contributed by atoms with Gasteiger partial charge in [0.25, 0.3) is 0 Å². The smallest absolute Gasteiger partial charge is 0.128 e. The molecule has 0 unspecified atom stereocenters. The van der Waals surface area contributed by atoms with Crippen LogP contribution in [-0.2, 0) is 0 Å². The second-order valence-corrected chi connectivity index (χ2v) is 5.87. The van der Waals surface area contributed by atoms with Gasteiger partial charge in [0.15, 0.2) is 0 Å². The predicted molar refractivity (Wildman–Crippen MR) is 67.0 cm³/mol. The standard InChI is InChI=1S/C15H19FO2/c1-10-4-6-15(7-5-10)9-13(17)12-3-2-11(16)8-14(12)18-15/h2-3,8,10,13,17H,4-7,9H2,1H3/t10?,13-,15?/m1/s1. The number of hydrogen-bond donors (Lipinski definition) is 1. The maximum Gasteiger partial charge on any atom is 0.128 e. The highest BCUT2D eigenvalue weighted by molar-refractivity contribution is 5.38. The van der Waals surface area contributed by atoms with Gasteiger partial charge >= 0.3 is 0 Å². The molecule has 3 heteroatoms. The lowest BCUT2D eigenvalue weighted by molar-refractivity contribution is -0.0456. The Kier molecular flexibility index (Phi) is 2.81. The Balaban J connectivity index is 1.90. The van der Waals surface area contributed by atoms with E-state index in [0.717, 1.165) is 37.2 Å².